The first kappa shape index (κ1) is 17.0. The highest BCUT2D eigenvalue weighted by Crippen LogP contribution is 2.39. The van der Waals surface area contributed by atoms with E-state index in [-0.39, 0.29) is 18.1 Å². The second-order valence-corrected chi connectivity index (χ2v) is 7.86. The van der Waals surface area contributed by atoms with E-state index in [2.05, 4.69) is 15.1 Å². The molecule has 25 heavy (non-hydrogen) atoms. The molecule has 3 aliphatic rings. The largest absolute Gasteiger partial charge is 0.424 e. The first-order valence-corrected chi connectivity index (χ1v) is 9.57. The third-order valence-corrected chi connectivity index (χ3v) is 5.44. The van der Waals surface area contributed by atoms with E-state index >= 15 is 0 Å². The maximum absolute atomic E-state index is 12.8. The van der Waals surface area contributed by atoms with Gasteiger partial charge in [0, 0.05) is 24.9 Å². The summed E-state index contributed by atoms with van der Waals surface area (Å²) in [5.41, 5.74) is 0. The highest BCUT2D eigenvalue weighted by molar-refractivity contribution is 5.79. The van der Waals surface area contributed by atoms with Crippen molar-refractivity contribution in [1.82, 2.24) is 20.0 Å². The molecule has 3 fully saturated rings. The Balaban J connectivity index is 1.26. The van der Waals surface area contributed by atoms with Gasteiger partial charge in [0.1, 0.15) is 0 Å². The van der Waals surface area contributed by atoms with E-state index in [4.69, 9.17) is 9.15 Å². The summed E-state index contributed by atoms with van der Waals surface area (Å²) in [5.74, 6) is 2.45. The third-order valence-electron chi connectivity index (χ3n) is 5.44. The minimum Gasteiger partial charge on any atom is -0.424 e. The number of morpholine rings is 1. The molecule has 1 aliphatic carbocycles. The number of rotatable bonds is 4. The Hall–Kier alpha value is -1.47. The molecule has 3 heterocycles. The molecule has 0 spiro atoms. The zero-order chi connectivity index (χ0) is 17.4. The van der Waals surface area contributed by atoms with E-state index in [0.29, 0.717) is 24.3 Å². The third kappa shape index (κ3) is 4.03. The molecule has 7 nitrogen and oxygen atoms in total. The monoisotopic (exact) mass is 348 g/mol. The number of carbonyl (C=O) groups is 1. The average Bonchev–Trinajstić information content (AvgIpc) is 3.34. The van der Waals surface area contributed by atoms with Gasteiger partial charge in [-0.25, -0.2) is 0 Å². The van der Waals surface area contributed by atoms with Crippen LogP contribution in [0.3, 0.4) is 0 Å². The van der Waals surface area contributed by atoms with Crippen LogP contribution in [0, 0.1) is 5.92 Å². The summed E-state index contributed by atoms with van der Waals surface area (Å²) in [5, 5.41) is 8.31. The molecule has 138 valence electrons. The fraction of sp³-hybridized carbons (Fsp3) is 0.833. The molecular formula is C18H28N4O3. The Morgan fingerprint density at radius 2 is 1.76 bits per heavy atom. The topological polar surface area (TPSA) is 71.7 Å². The first-order chi connectivity index (χ1) is 12.1. The summed E-state index contributed by atoms with van der Waals surface area (Å²) in [6.45, 7) is 8.04. The van der Waals surface area contributed by atoms with Crippen LogP contribution in [0.15, 0.2) is 4.42 Å². The van der Waals surface area contributed by atoms with Crippen molar-refractivity contribution in [2.45, 2.75) is 64.2 Å². The van der Waals surface area contributed by atoms with E-state index in [1.807, 2.05) is 18.7 Å². The van der Waals surface area contributed by atoms with E-state index in [0.717, 1.165) is 44.9 Å². The van der Waals surface area contributed by atoms with Gasteiger partial charge < -0.3 is 14.1 Å². The van der Waals surface area contributed by atoms with Crippen LogP contribution in [0.2, 0.25) is 0 Å². The van der Waals surface area contributed by atoms with Gasteiger partial charge in [0.15, 0.2) is 0 Å². The zero-order valence-electron chi connectivity index (χ0n) is 15.2. The summed E-state index contributed by atoms with van der Waals surface area (Å²) >= 11 is 0. The van der Waals surface area contributed by atoms with Crippen LogP contribution in [0.25, 0.3) is 0 Å². The predicted octanol–water partition coefficient (Wildman–Crippen LogP) is 1.79. The fourth-order valence-corrected chi connectivity index (χ4v) is 3.97. The zero-order valence-corrected chi connectivity index (χ0v) is 15.2. The SMILES string of the molecule is C[C@@H]1CN(C(=O)C2CCN(Cc3nnc(C4CC4)o3)CC2)C[C@@H](C)O1. The minimum absolute atomic E-state index is 0.131. The van der Waals surface area contributed by atoms with Gasteiger partial charge in [-0.1, -0.05) is 0 Å². The van der Waals surface area contributed by atoms with E-state index in [1.54, 1.807) is 0 Å². The summed E-state index contributed by atoms with van der Waals surface area (Å²) in [6.07, 6.45) is 4.42. The van der Waals surface area contributed by atoms with Crippen LogP contribution in [0.5, 0.6) is 0 Å². The van der Waals surface area contributed by atoms with Crippen LogP contribution in [0.1, 0.15) is 57.2 Å². The van der Waals surface area contributed by atoms with Gasteiger partial charge >= 0.3 is 0 Å². The molecule has 1 aromatic rings. The van der Waals surface area contributed by atoms with Gasteiger partial charge in [-0.15, -0.1) is 10.2 Å². The van der Waals surface area contributed by atoms with Gasteiger partial charge in [-0.05, 0) is 52.6 Å². The number of hydrogen-bond acceptors (Lipinski definition) is 6. The second kappa shape index (κ2) is 7.03. The Morgan fingerprint density at radius 1 is 1.08 bits per heavy atom. The lowest BCUT2D eigenvalue weighted by Gasteiger charge is -2.39. The summed E-state index contributed by atoms with van der Waals surface area (Å²) in [6, 6.07) is 0. The normalized spacial score (nSPS) is 29.1. The van der Waals surface area contributed by atoms with Crippen LogP contribution in [-0.4, -0.2) is 64.3 Å². The van der Waals surface area contributed by atoms with Crippen molar-refractivity contribution >= 4 is 5.91 Å². The van der Waals surface area contributed by atoms with Gasteiger partial charge in [0.05, 0.1) is 18.8 Å². The van der Waals surface area contributed by atoms with Crippen LogP contribution < -0.4 is 0 Å². The maximum Gasteiger partial charge on any atom is 0.230 e. The van der Waals surface area contributed by atoms with Gasteiger partial charge in [-0.2, -0.15) is 0 Å². The number of nitrogens with zero attached hydrogens (tertiary/aromatic N) is 4. The van der Waals surface area contributed by atoms with Gasteiger partial charge in [-0.3, -0.25) is 9.69 Å². The molecular weight excluding hydrogens is 320 g/mol. The summed E-state index contributed by atoms with van der Waals surface area (Å²) in [7, 11) is 0. The van der Waals surface area contributed by atoms with E-state index in [9.17, 15) is 4.79 Å². The number of aromatic nitrogens is 2. The van der Waals surface area contributed by atoms with Crippen LogP contribution in [-0.2, 0) is 16.1 Å². The number of carbonyl (C=O) groups excluding carboxylic acids is 1. The Bertz CT molecular complexity index is 597. The standard InChI is InChI=1S/C18H28N4O3/c1-12-9-22(10-13(2)24-12)18(23)15-5-7-21(8-6-15)11-16-19-20-17(25-16)14-3-4-14/h12-15H,3-11H2,1-2H3/t12-,13-/m1/s1. The number of piperidine rings is 1. The highest BCUT2D eigenvalue weighted by Gasteiger charge is 2.33. The lowest BCUT2D eigenvalue weighted by Crippen LogP contribution is -2.51. The highest BCUT2D eigenvalue weighted by atomic mass is 16.5. The predicted molar refractivity (Wildman–Crippen MR) is 90.9 cm³/mol. The molecule has 4 rings (SSSR count). The van der Waals surface area contributed by atoms with Gasteiger partial charge in [0.2, 0.25) is 17.7 Å². The minimum atomic E-state index is 0.131. The molecule has 2 aliphatic heterocycles. The quantitative estimate of drug-likeness (QED) is 0.826. The molecule has 2 atom stereocenters. The Labute approximate surface area is 148 Å². The molecule has 1 saturated carbocycles. The molecule has 0 bridgehead atoms. The summed E-state index contributed by atoms with van der Waals surface area (Å²) in [4.78, 5) is 17.1. The average molecular weight is 348 g/mol. The molecule has 0 aromatic carbocycles. The lowest BCUT2D eigenvalue weighted by atomic mass is 9.94. The van der Waals surface area contributed by atoms with Gasteiger partial charge in [0.25, 0.3) is 0 Å². The van der Waals surface area contributed by atoms with Crippen molar-refractivity contribution in [3.8, 4) is 0 Å². The number of ether oxygens (including phenoxy) is 1. The van der Waals surface area contributed by atoms with Crippen LogP contribution >= 0.6 is 0 Å². The number of amides is 1. The van der Waals surface area contributed by atoms with Crippen molar-refractivity contribution in [1.29, 1.82) is 0 Å². The van der Waals surface area contributed by atoms with Crippen molar-refractivity contribution in [2.75, 3.05) is 26.2 Å². The smallest absolute Gasteiger partial charge is 0.230 e. The fourth-order valence-electron chi connectivity index (χ4n) is 3.97. The lowest BCUT2D eigenvalue weighted by molar-refractivity contribution is -0.149. The molecule has 7 heteroatoms. The molecule has 1 amide bonds. The Morgan fingerprint density at radius 3 is 2.40 bits per heavy atom. The summed E-state index contributed by atoms with van der Waals surface area (Å²) < 4.78 is 11.5. The van der Waals surface area contributed by atoms with Crippen molar-refractivity contribution in [3.05, 3.63) is 11.8 Å². The Kier molecular flexibility index (Phi) is 4.78. The van der Waals surface area contributed by atoms with E-state index in [1.165, 1.54) is 12.8 Å². The number of hydrogen-bond donors (Lipinski definition) is 0. The van der Waals surface area contributed by atoms with Crippen molar-refractivity contribution < 1.29 is 13.9 Å². The van der Waals surface area contributed by atoms with E-state index < -0.39 is 0 Å². The van der Waals surface area contributed by atoms with Crippen molar-refractivity contribution in [2.24, 2.45) is 5.92 Å². The molecule has 0 N–H and O–H groups in total. The van der Waals surface area contributed by atoms with Crippen molar-refractivity contribution in [3.63, 3.8) is 0 Å². The molecule has 0 radical (unpaired) electrons. The van der Waals surface area contributed by atoms with Crippen LogP contribution in [0.4, 0.5) is 0 Å². The number of likely N-dealkylation sites (tertiary alicyclic amines) is 1. The molecule has 1 aromatic heterocycles. The molecule has 2 saturated heterocycles. The second-order valence-electron chi connectivity index (χ2n) is 7.86. The molecule has 0 unspecified atom stereocenters. The maximum atomic E-state index is 12.8. The first-order valence-electron chi connectivity index (χ1n) is 9.57.